The standard InChI is InChI=1S/C17H13F3N4O/c18-12-6-11(7-13(19)8-12)17(20)3-4-24(9-17)16(25)10-1-2-14-15(5-10)22-23-21-14/h1-2,5-8H,3-4,9H2,(H,21,22,23)/t17-/m1/s1. The van der Waals surface area contributed by atoms with Crippen LogP contribution in [0.15, 0.2) is 36.4 Å². The highest BCUT2D eigenvalue weighted by Gasteiger charge is 2.42. The van der Waals surface area contributed by atoms with Crippen LogP contribution in [0.1, 0.15) is 22.3 Å². The van der Waals surface area contributed by atoms with Crippen LogP contribution in [0.3, 0.4) is 0 Å². The van der Waals surface area contributed by atoms with Gasteiger partial charge in [-0.1, -0.05) is 0 Å². The fourth-order valence-electron chi connectivity index (χ4n) is 3.15. The third-order valence-electron chi connectivity index (χ3n) is 4.45. The fourth-order valence-corrected chi connectivity index (χ4v) is 3.15. The van der Waals surface area contributed by atoms with Gasteiger partial charge in [-0.05, 0) is 35.9 Å². The number of benzene rings is 2. The molecule has 25 heavy (non-hydrogen) atoms. The summed E-state index contributed by atoms with van der Waals surface area (Å²) in [5.74, 6) is -2.04. The highest BCUT2D eigenvalue weighted by Crippen LogP contribution is 2.37. The maximum absolute atomic E-state index is 15.2. The molecule has 1 aliphatic heterocycles. The molecule has 1 saturated heterocycles. The summed E-state index contributed by atoms with van der Waals surface area (Å²) in [5.41, 5.74) is -0.559. The van der Waals surface area contributed by atoms with Crippen molar-refractivity contribution in [1.82, 2.24) is 20.3 Å². The van der Waals surface area contributed by atoms with Crippen molar-refractivity contribution in [3.63, 3.8) is 0 Å². The van der Waals surface area contributed by atoms with E-state index in [0.717, 1.165) is 12.1 Å². The van der Waals surface area contributed by atoms with Crippen LogP contribution < -0.4 is 0 Å². The van der Waals surface area contributed by atoms with Gasteiger partial charge in [0, 0.05) is 24.6 Å². The van der Waals surface area contributed by atoms with E-state index < -0.39 is 17.3 Å². The molecule has 0 aliphatic carbocycles. The number of H-pyrrole nitrogens is 1. The number of nitrogens with one attached hydrogen (secondary N) is 1. The number of alkyl halides is 1. The zero-order valence-corrected chi connectivity index (χ0v) is 13.0. The average Bonchev–Trinajstić information content (AvgIpc) is 3.20. The van der Waals surface area contributed by atoms with Crippen LogP contribution in [-0.2, 0) is 5.67 Å². The second kappa shape index (κ2) is 5.58. The number of nitrogens with zero attached hydrogens (tertiary/aromatic N) is 3. The zero-order valence-electron chi connectivity index (χ0n) is 13.0. The van der Waals surface area contributed by atoms with Crippen molar-refractivity contribution in [2.45, 2.75) is 12.1 Å². The van der Waals surface area contributed by atoms with Crippen LogP contribution in [0, 0.1) is 11.6 Å². The van der Waals surface area contributed by atoms with E-state index in [4.69, 9.17) is 0 Å². The minimum absolute atomic E-state index is 0.0200. The van der Waals surface area contributed by atoms with E-state index in [1.807, 2.05) is 0 Å². The molecule has 2 heterocycles. The summed E-state index contributed by atoms with van der Waals surface area (Å²) in [6.45, 7) is -0.101. The molecule has 0 saturated carbocycles. The first kappa shape index (κ1) is 15.6. The Kier molecular flexibility index (Phi) is 3.48. The molecule has 1 fully saturated rings. The maximum Gasteiger partial charge on any atom is 0.254 e. The van der Waals surface area contributed by atoms with Crippen LogP contribution in [0.25, 0.3) is 11.0 Å². The normalized spacial score (nSPS) is 20.4. The largest absolute Gasteiger partial charge is 0.335 e. The lowest BCUT2D eigenvalue weighted by Crippen LogP contribution is -2.32. The highest BCUT2D eigenvalue weighted by molar-refractivity contribution is 5.97. The Morgan fingerprint density at radius 1 is 1.08 bits per heavy atom. The second-order valence-corrected chi connectivity index (χ2v) is 6.13. The van der Waals surface area contributed by atoms with Gasteiger partial charge in [0.1, 0.15) is 22.7 Å². The summed E-state index contributed by atoms with van der Waals surface area (Å²) in [7, 11) is 0. The molecule has 0 bridgehead atoms. The van der Waals surface area contributed by atoms with Gasteiger partial charge in [0.2, 0.25) is 0 Å². The molecule has 0 unspecified atom stereocenters. The number of halogens is 3. The molecule has 0 radical (unpaired) electrons. The van der Waals surface area contributed by atoms with E-state index in [1.165, 1.54) is 4.90 Å². The summed E-state index contributed by atoms with van der Waals surface area (Å²) >= 11 is 0. The number of carbonyl (C=O) groups is 1. The van der Waals surface area contributed by atoms with Crippen molar-refractivity contribution in [3.8, 4) is 0 Å². The SMILES string of the molecule is O=C(c1ccc2n[nH]nc2c1)N1CC[C@](F)(c2cc(F)cc(F)c2)C1. The first-order chi connectivity index (χ1) is 11.9. The van der Waals surface area contributed by atoms with E-state index in [2.05, 4.69) is 15.4 Å². The van der Waals surface area contributed by atoms with E-state index in [9.17, 15) is 13.6 Å². The van der Waals surface area contributed by atoms with Crippen molar-refractivity contribution in [3.05, 3.63) is 59.2 Å². The number of hydrogen-bond acceptors (Lipinski definition) is 3. The Morgan fingerprint density at radius 3 is 2.56 bits per heavy atom. The number of aromatic nitrogens is 3. The van der Waals surface area contributed by atoms with E-state index >= 15 is 4.39 Å². The molecule has 3 aromatic rings. The minimum atomic E-state index is -1.98. The summed E-state index contributed by atoms with van der Waals surface area (Å²) in [5, 5.41) is 10.3. The Bertz CT molecular complexity index is 953. The summed E-state index contributed by atoms with van der Waals surface area (Å²) < 4.78 is 42.0. The van der Waals surface area contributed by atoms with Crippen molar-refractivity contribution in [1.29, 1.82) is 0 Å². The number of rotatable bonds is 2. The van der Waals surface area contributed by atoms with Gasteiger partial charge in [-0.15, -0.1) is 0 Å². The van der Waals surface area contributed by atoms with Gasteiger partial charge >= 0.3 is 0 Å². The Labute approximate surface area is 140 Å². The van der Waals surface area contributed by atoms with Gasteiger partial charge < -0.3 is 4.90 Å². The third kappa shape index (κ3) is 2.73. The van der Waals surface area contributed by atoms with Gasteiger partial charge in [-0.25, -0.2) is 13.2 Å². The maximum atomic E-state index is 15.2. The smallest absolute Gasteiger partial charge is 0.254 e. The van der Waals surface area contributed by atoms with Crippen molar-refractivity contribution in [2.75, 3.05) is 13.1 Å². The van der Waals surface area contributed by atoms with Crippen LogP contribution in [0.2, 0.25) is 0 Å². The minimum Gasteiger partial charge on any atom is -0.335 e. The molecule has 1 aliphatic rings. The van der Waals surface area contributed by atoms with Crippen molar-refractivity contribution < 1.29 is 18.0 Å². The monoisotopic (exact) mass is 346 g/mol. The number of likely N-dealkylation sites (tertiary alicyclic amines) is 1. The lowest BCUT2D eigenvalue weighted by atomic mass is 9.95. The number of amides is 1. The molecule has 1 aromatic heterocycles. The zero-order chi connectivity index (χ0) is 17.6. The Morgan fingerprint density at radius 2 is 1.80 bits per heavy atom. The third-order valence-corrected chi connectivity index (χ3v) is 4.45. The van der Waals surface area contributed by atoms with Crippen LogP contribution in [0.4, 0.5) is 13.2 Å². The molecule has 2 aromatic carbocycles. The van der Waals surface area contributed by atoms with Crippen molar-refractivity contribution >= 4 is 16.9 Å². The molecular weight excluding hydrogens is 333 g/mol. The summed E-state index contributed by atoms with van der Waals surface area (Å²) in [6, 6.07) is 7.44. The molecule has 1 amide bonds. The second-order valence-electron chi connectivity index (χ2n) is 6.13. The van der Waals surface area contributed by atoms with Crippen LogP contribution in [-0.4, -0.2) is 39.3 Å². The van der Waals surface area contributed by atoms with Gasteiger partial charge in [-0.2, -0.15) is 15.4 Å². The van der Waals surface area contributed by atoms with Crippen LogP contribution >= 0.6 is 0 Å². The molecule has 128 valence electrons. The predicted molar refractivity (Wildman–Crippen MR) is 83.6 cm³/mol. The Balaban J connectivity index is 1.59. The van der Waals surface area contributed by atoms with E-state index in [-0.39, 0.29) is 31.0 Å². The number of aromatic amines is 1. The first-order valence-electron chi connectivity index (χ1n) is 7.70. The lowest BCUT2D eigenvalue weighted by molar-refractivity contribution is 0.0750. The van der Waals surface area contributed by atoms with Crippen LogP contribution in [0.5, 0.6) is 0 Å². The van der Waals surface area contributed by atoms with Gasteiger partial charge in [0.05, 0.1) is 6.54 Å². The first-order valence-corrected chi connectivity index (χ1v) is 7.70. The lowest BCUT2D eigenvalue weighted by Gasteiger charge is -2.21. The van der Waals surface area contributed by atoms with E-state index in [1.54, 1.807) is 18.2 Å². The number of fused-ring (bicyclic) bond motifs is 1. The molecule has 4 rings (SSSR count). The van der Waals surface area contributed by atoms with Gasteiger partial charge in [0.25, 0.3) is 5.91 Å². The molecular formula is C17H13F3N4O. The molecule has 8 heteroatoms. The van der Waals surface area contributed by atoms with E-state index in [0.29, 0.717) is 22.7 Å². The fraction of sp³-hybridized carbons (Fsp3) is 0.235. The molecule has 0 spiro atoms. The molecule has 5 nitrogen and oxygen atoms in total. The topological polar surface area (TPSA) is 61.9 Å². The summed E-state index contributed by atoms with van der Waals surface area (Å²) in [6.07, 6.45) is -0.0200. The predicted octanol–water partition coefficient (Wildman–Crippen LogP) is 2.95. The number of hydrogen-bond donors (Lipinski definition) is 1. The van der Waals surface area contributed by atoms with Gasteiger partial charge in [0.15, 0.2) is 5.67 Å². The molecule has 1 N–H and O–H groups in total. The quantitative estimate of drug-likeness (QED) is 0.776. The van der Waals surface area contributed by atoms with Crippen molar-refractivity contribution in [2.24, 2.45) is 0 Å². The number of carbonyl (C=O) groups excluding carboxylic acids is 1. The average molecular weight is 346 g/mol. The summed E-state index contributed by atoms with van der Waals surface area (Å²) in [4.78, 5) is 14.0. The Hall–Kier alpha value is -2.90. The van der Waals surface area contributed by atoms with Gasteiger partial charge in [-0.3, -0.25) is 4.79 Å². The molecule has 1 atom stereocenters. The highest BCUT2D eigenvalue weighted by atomic mass is 19.1.